The highest BCUT2D eigenvalue weighted by Crippen LogP contribution is 2.18. The quantitative estimate of drug-likeness (QED) is 0.716. The predicted molar refractivity (Wildman–Crippen MR) is 58.8 cm³/mol. The molecule has 1 aromatic heterocycles. The van der Waals surface area contributed by atoms with Crippen LogP contribution in [0.15, 0.2) is 0 Å². The smallest absolute Gasteiger partial charge is 0.197 e. The fourth-order valence-corrected chi connectivity index (χ4v) is 2.19. The predicted octanol–water partition coefficient (Wildman–Crippen LogP) is 1.83. The highest BCUT2D eigenvalue weighted by Gasteiger charge is 2.17. The molecule has 1 aliphatic rings. The van der Waals surface area contributed by atoms with Crippen molar-refractivity contribution >= 4 is 12.2 Å². The van der Waals surface area contributed by atoms with E-state index in [1.165, 1.54) is 17.0 Å². The molecule has 0 saturated carbocycles. The van der Waals surface area contributed by atoms with Crippen LogP contribution < -0.4 is 0 Å². The number of aryl methyl sites for hydroxylation is 1. The first-order valence-electron chi connectivity index (χ1n) is 5.01. The average molecular weight is 209 g/mol. The molecular formula is C10H15N3S. The number of aromatic amines is 1. The maximum Gasteiger partial charge on any atom is 0.197 e. The largest absolute Gasteiger partial charge is 0.334 e. The van der Waals surface area contributed by atoms with E-state index in [1.54, 1.807) is 0 Å². The average Bonchev–Trinajstić information content (AvgIpc) is 2.17. The number of nitrogens with zero attached hydrogens (tertiary/aromatic N) is 2. The van der Waals surface area contributed by atoms with Crippen molar-refractivity contribution in [3.05, 3.63) is 21.7 Å². The lowest BCUT2D eigenvalue weighted by Gasteiger charge is -2.27. The van der Waals surface area contributed by atoms with Gasteiger partial charge in [0.25, 0.3) is 0 Å². The van der Waals surface area contributed by atoms with Gasteiger partial charge in [-0.2, -0.15) is 0 Å². The zero-order valence-electron chi connectivity index (χ0n) is 8.63. The zero-order chi connectivity index (χ0) is 10.1. The van der Waals surface area contributed by atoms with Crippen LogP contribution in [0.5, 0.6) is 0 Å². The van der Waals surface area contributed by atoms with Crippen LogP contribution >= 0.6 is 12.2 Å². The summed E-state index contributed by atoms with van der Waals surface area (Å²) in [7, 11) is 0. The first-order valence-corrected chi connectivity index (χ1v) is 5.42. The van der Waals surface area contributed by atoms with Crippen molar-refractivity contribution in [2.24, 2.45) is 0 Å². The summed E-state index contributed by atoms with van der Waals surface area (Å²) in [4.78, 5) is 9.92. The second-order valence-electron chi connectivity index (χ2n) is 3.71. The first kappa shape index (κ1) is 9.80. The Hall–Kier alpha value is -0.740. The third-order valence-electron chi connectivity index (χ3n) is 2.83. The Labute approximate surface area is 89.2 Å². The molecule has 0 unspecified atom stereocenters. The van der Waals surface area contributed by atoms with E-state index in [-0.39, 0.29) is 0 Å². The second-order valence-corrected chi connectivity index (χ2v) is 4.10. The van der Waals surface area contributed by atoms with Crippen LogP contribution in [0.1, 0.15) is 23.9 Å². The molecule has 0 amide bonds. The van der Waals surface area contributed by atoms with Crippen molar-refractivity contribution in [2.45, 2.75) is 26.8 Å². The molecule has 0 atom stereocenters. The number of aromatic nitrogens is 2. The first-order chi connectivity index (χ1) is 6.70. The third-order valence-corrected chi connectivity index (χ3v) is 3.02. The van der Waals surface area contributed by atoms with Gasteiger partial charge in [-0.3, -0.25) is 4.90 Å². The fourth-order valence-electron chi connectivity index (χ4n) is 1.92. The van der Waals surface area contributed by atoms with E-state index >= 15 is 0 Å². The zero-order valence-corrected chi connectivity index (χ0v) is 9.45. The van der Waals surface area contributed by atoms with Gasteiger partial charge in [-0.25, -0.2) is 4.98 Å². The van der Waals surface area contributed by atoms with E-state index in [9.17, 15) is 0 Å². The Morgan fingerprint density at radius 3 is 3.07 bits per heavy atom. The van der Waals surface area contributed by atoms with E-state index in [0.717, 1.165) is 26.1 Å². The van der Waals surface area contributed by atoms with E-state index < -0.39 is 0 Å². The Morgan fingerprint density at radius 1 is 1.57 bits per heavy atom. The molecule has 3 nitrogen and oxygen atoms in total. The van der Waals surface area contributed by atoms with Gasteiger partial charge in [0.1, 0.15) is 0 Å². The van der Waals surface area contributed by atoms with E-state index in [2.05, 4.69) is 28.7 Å². The molecule has 14 heavy (non-hydrogen) atoms. The molecule has 0 radical (unpaired) electrons. The summed E-state index contributed by atoms with van der Waals surface area (Å²) in [5.74, 6) is 0. The molecular weight excluding hydrogens is 194 g/mol. The van der Waals surface area contributed by atoms with E-state index in [4.69, 9.17) is 12.2 Å². The molecule has 76 valence electrons. The summed E-state index contributed by atoms with van der Waals surface area (Å²) in [5.41, 5.74) is 3.71. The summed E-state index contributed by atoms with van der Waals surface area (Å²) in [5, 5.41) is 0. The van der Waals surface area contributed by atoms with Crippen LogP contribution in [0.25, 0.3) is 0 Å². The van der Waals surface area contributed by atoms with Gasteiger partial charge in [-0.15, -0.1) is 0 Å². The standard InChI is InChI=1S/C10H15N3S/c1-3-13-5-4-9-8(6-13)7(2)11-10(14)12-9/h3-6H2,1-2H3,(H,11,12,14). The van der Waals surface area contributed by atoms with Crippen LogP contribution in [-0.4, -0.2) is 28.0 Å². The monoisotopic (exact) mass is 209 g/mol. The van der Waals surface area contributed by atoms with Gasteiger partial charge in [0.15, 0.2) is 4.77 Å². The van der Waals surface area contributed by atoms with Gasteiger partial charge in [0.05, 0.1) is 5.69 Å². The van der Waals surface area contributed by atoms with Gasteiger partial charge in [0, 0.05) is 30.8 Å². The Kier molecular flexibility index (Phi) is 2.65. The number of hydrogen-bond acceptors (Lipinski definition) is 3. The molecule has 2 heterocycles. The molecule has 1 aliphatic heterocycles. The van der Waals surface area contributed by atoms with Gasteiger partial charge in [-0.05, 0) is 25.7 Å². The van der Waals surface area contributed by atoms with E-state index in [1.807, 2.05) is 0 Å². The number of H-pyrrole nitrogens is 1. The minimum atomic E-state index is 0.617. The van der Waals surface area contributed by atoms with Gasteiger partial charge >= 0.3 is 0 Å². The molecule has 0 aliphatic carbocycles. The van der Waals surface area contributed by atoms with Crippen molar-refractivity contribution in [1.82, 2.24) is 14.9 Å². The van der Waals surface area contributed by atoms with Crippen molar-refractivity contribution < 1.29 is 0 Å². The van der Waals surface area contributed by atoms with Crippen LogP contribution in [0.4, 0.5) is 0 Å². The molecule has 1 N–H and O–H groups in total. The molecule has 1 aromatic rings. The number of fused-ring (bicyclic) bond motifs is 1. The number of nitrogens with one attached hydrogen (secondary N) is 1. The third kappa shape index (κ3) is 1.72. The minimum absolute atomic E-state index is 0.617. The maximum atomic E-state index is 5.06. The van der Waals surface area contributed by atoms with Crippen LogP contribution in [0.2, 0.25) is 0 Å². The molecule has 0 fully saturated rings. The SMILES string of the molecule is CCN1CCc2nc(=S)[nH]c(C)c2C1. The second kappa shape index (κ2) is 3.79. The van der Waals surface area contributed by atoms with Crippen molar-refractivity contribution in [1.29, 1.82) is 0 Å². The van der Waals surface area contributed by atoms with Gasteiger partial charge in [0.2, 0.25) is 0 Å². The molecule has 2 rings (SSSR count). The van der Waals surface area contributed by atoms with Crippen LogP contribution in [0, 0.1) is 11.7 Å². The van der Waals surface area contributed by atoms with Gasteiger partial charge < -0.3 is 4.98 Å². The molecule has 0 saturated heterocycles. The van der Waals surface area contributed by atoms with Crippen LogP contribution in [-0.2, 0) is 13.0 Å². The normalized spacial score (nSPS) is 16.7. The molecule has 4 heteroatoms. The lowest BCUT2D eigenvalue weighted by atomic mass is 10.0. The topological polar surface area (TPSA) is 31.9 Å². The lowest BCUT2D eigenvalue weighted by Crippen LogP contribution is -2.31. The molecule has 0 spiro atoms. The summed E-state index contributed by atoms with van der Waals surface area (Å²) in [6.45, 7) is 7.49. The Morgan fingerprint density at radius 2 is 2.36 bits per heavy atom. The summed E-state index contributed by atoms with van der Waals surface area (Å²) in [6, 6.07) is 0. The van der Waals surface area contributed by atoms with Crippen molar-refractivity contribution in [2.75, 3.05) is 13.1 Å². The Bertz CT molecular complexity index is 397. The van der Waals surface area contributed by atoms with E-state index in [0.29, 0.717) is 4.77 Å². The maximum absolute atomic E-state index is 5.06. The number of likely N-dealkylation sites (N-methyl/N-ethyl adjacent to an activating group) is 1. The number of hydrogen-bond donors (Lipinski definition) is 1. The minimum Gasteiger partial charge on any atom is -0.334 e. The van der Waals surface area contributed by atoms with Crippen molar-refractivity contribution in [3.8, 4) is 0 Å². The summed E-state index contributed by atoms with van der Waals surface area (Å²) < 4.78 is 0.617. The lowest BCUT2D eigenvalue weighted by molar-refractivity contribution is 0.264. The highest BCUT2D eigenvalue weighted by atomic mass is 32.1. The van der Waals surface area contributed by atoms with Crippen molar-refractivity contribution in [3.63, 3.8) is 0 Å². The summed E-state index contributed by atoms with van der Waals surface area (Å²) in [6.07, 6.45) is 1.03. The van der Waals surface area contributed by atoms with Gasteiger partial charge in [-0.1, -0.05) is 6.92 Å². The highest BCUT2D eigenvalue weighted by molar-refractivity contribution is 7.71. The fraction of sp³-hybridized carbons (Fsp3) is 0.600. The molecule has 0 bridgehead atoms. The number of rotatable bonds is 1. The van der Waals surface area contributed by atoms with Crippen LogP contribution in [0.3, 0.4) is 0 Å². The molecule has 0 aromatic carbocycles. The Balaban J connectivity index is 2.42. The summed E-state index contributed by atoms with van der Waals surface area (Å²) >= 11 is 5.06.